The summed E-state index contributed by atoms with van der Waals surface area (Å²) in [5.41, 5.74) is 6.61. The second-order valence-electron chi connectivity index (χ2n) is 10.9. The van der Waals surface area contributed by atoms with Crippen molar-refractivity contribution in [3.63, 3.8) is 0 Å². The van der Waals surface area contributed by atoms with Crippen LogP contribution in [0.25, 0.3) is 5.70 Å². The van der Waals surface area contributed by atoms with Gasteiger partial charge < -0.3 is 23.8 Å². The van der Waals surface area contributed by atoms with E-state index < -0.39 is 0 Å². The maximum Gasteiger partial charge on any atom is 0.162 e. The highest BCUT2D eigenvalue weighted by atomic mass is 16.5. The Morgan fingerprint density at radius 1 is 0.972 bits per heavy atom. The first-order chi connectivity index (χ1) is 17.4. The Morgan fingerprint density at radius 3 is 2.47 bits per heavy atom. The topological polar surface area (TPSA) is 57.2 Å². The molecule has 4 aliphatic rings. The third-order valence-electron chi connectivity index (χ3n) is 7.77. The van der Waals surface area contributed by atoms with Gasteiger partial charge in [-0.2, -0.15) is 0 Å². The first-order valence-electron chi connectivity index (χ1n) is 12.8. The van der Waals surface area contributed by atoms with Crippen molar-refractivity contribution in [2.45, 2.75) is 45.4 Å². The van der Waals surface area contributed by atoms with Crippen molar-refractivity contribution < 1.29 is 23.7 Å². The highest BCUT2D eigenvalue weighted by molar-refractivity contribution is 6.01. The molecule has 188 valence electrons. The third kappa shape index (κ3) is 3.74. The molecule has 1 atom stereocenters. The molecular weight excluding hydrogens is 454 g/mol. The number of carbonyl (C=O) groups is 1. The molecular formula is C30H33NO5. The van der Waals surface area contributed by atoms with Crippen LogP contribution in [-0.4, -0.2) is 44.7 Å². The minimum absolute atomic E-state index is 0.0779. The Kier molecular flexibility index (Phi) is 5.51. The van der Waals surface area contributed by atoms with Gasteiger partial charge in [0.25, 0.3) is 0 Å². The van der Waals surface area contributed by atoms with Crippen molar-refractivity contribution in [2.75, 3.05) is 34.0 Å². The fourth-order valence-corrected chi connectivity index (χ4v) is 6.10. The molecule has 0 aromatic heterocycles. The number of nitrogens with zero attached hydrogens (tertiary/aromatic N) is 1. The summed E-state index contributed by atoms with van der Waals surface area (Å²) in [4.78, 5) is 16.0. The van der Waals surface area contributed by atoms with Crippen molar-refractivity contribution >= 4 is 11.5 Å². The number of ether oxygens (including phenoxy) is 4. The van der Waals surface area contributed by atoms with E-state index in [0.29, 0.717) is 31.1 Å². The second kappa shape index (κ2) is 8.61. The maximum atomic E-state index is 13.6. The van der Waals surface area contributed by atoms with Gasteiger partial charge in [-0.25, -0.2) is 0 Å². The van der Waals surface area contributed by atoms with E-state index in [9.17, 15) is 4.79 Å². The number of hydrogen-bond donors (Lipinski definition) is 0. The third-order valence-corrected chi connectivity index (χ3v) is 7.77. The minimum atomic E-state index is -0.156. The first kappa shape index (κ1) is 23.0. The molecule has 6 heteroatoms. The van der Waals surface area contributed by atoms with Crippen LogP contribution in [0.1, 0.15) is 55.7 Å². The Bertz CT molecular complexity index is 1300. The summed E-state index contributed by atoms with van der Waals surface area (Å²) in [6.45, 7) is 6.57. The molecule has 1 aliphatic carbocycles. The Labute approximate surface area is 212 Å². The largest absolute Gasteiger partial charge is 0.493 e. The van der Waals surface area contributed by atoms with Gasteiger partial charge in [0.1, 0.15) is 0 Å². The molecule has 3 aliphatic heterocycles. The Morgan fingerprint density at radius 2 is 1.72 bits per heavy atom. The van der Waals surface area contributed by atoms with Crippen LogP contribution in [0.3, 0.4) is 0 Å². The van der Waals surface area contributed by atoms with Gasteiger partial charge in [0.15, 0.2) is 28.8 Å². The van der Waals surface area contributed by atoms with Crippen LogP contribution in [0.5, 0.6) is 23.0 Å². The normalized spacial score (nSPS) is 22.1. The van der Waals surface area contributed by atoms with Gasteiger partial charge >= 0.3 is 0 Å². The molecule has 0 radical (unpaired) electrons. The van der Waals surface area contributed by atoms with E-state index in [1.807, 2.05) is 18.2 Å². The Hall–Kier alpha value is -3.41. The summed E-state index contributed by atoms with van der Waals surface area (Å²) in [6.07, 6.45) is 5.47. The summed E-state index contributed by atoms with van der Waals surface area (Å²) in [5.74, 6) is 3.07. The number of Topliss-reactive ketones (excluding diaryl/α,β-unsaturated/α-hetero) is 1. The number of hydrogen-bond acceptors (Lipinski definition) is 6. The lowest BCUT2D eigenvalue weighted by Gasteiger charge is -2.46. The van der Waals surface area contributed by atoms with Crippen molar-refractivity contribution in [3.05, 3.63) is 64.4 Å². The smallest absolute Gasteiger partial charge is 0.162 e. The molecule has 6 nitrogen and oxygen atoms in total. The van der Waals surface area contributed by atoms with Crippen molar-refractivity contribution in [3.8, 4) is 23.0 Å². The average molecular weight is 488 g/mol. The van der Waals surface area contributed by atoms with E-state index in [-0.39, 0.29) is 17.1 Å². The van der Waals surface area contributed by atoms with Crippen LogP contribution in [0.15, 0.2) is 47.7 Å². The van der Waals surface area contributed by atoms with E-state index in [1.54, 1.807) is 14.2 Å². The van der Waals surface area contributed by atoms with Crippen LogP contribution < -0.4 is 18.9 Å². The molecule has 0 saturated carbocycles. The van der Waals surface area contributed by atoms with Gasteiger partial charge in [-0.15, -0.1) is 0 Å². The minimum Gasteiger partial charge on any atom is -0.493 e. The molecule has 2 aromatic carbocycles. The van der Waals surface area contributed by atoms with E-state index in [0.717, 1.165) is 59.8 Å². The molecule has 0 N–H and O–H groups in total. The molecule has 3 heterocycles. The zero-order valence-electron chi connectivity index (χ0n) is 21.5. The molecule has 2 aromatic rings. The van der Waals surface area contributed by atoms with E-state index in [1.165, 1.54) is 11.1 Å². The summed E-state index contributed by atoms with van der Waals surface area (Å²) in [7, 11) is 3.28. The molecule has 6 rings (SSSR count). The Balaban J connectivity index is 1.53. The summed E-state index contributed by atoms with van der Waals surface area (Å²) in [5, 5.41) is 0. The summed E-state index contributed by atoms with van der Waals surface area (Å²) >= 11 is 0. The monoisotopic (exact) mass is 487 g/mol. The van der Waals surface area contributed by atoms with Gasteiger partial charge in [-0.05, 0) is 59.7 Å². The molecule has 0 unspecified atom stereocenters. The molecule has 0 amide bonds. The fourth-order valence-electron chi connectivity index (χ4n) is 6.10. The van der Waals surface area contributed by atoms with Crippen molar-refractivity contribution in [1.29, 1.82) is 0 Å². The summed E-state index contributed by atoms with van der Waals surface area (Å²) < 4.78 is 23.1. The van der Waals surface area contributed by atoms with Crippen molar-refractivity contribution in [1.82, 2.24) is 4.90 Å². The van der Waals surface area contributed by atoms with Gasteiger partial charge in [0, 0.05) is 47.8 Å². The molecule has 0 fully saturated rings. The van der Waals surface area contributed by atoms with Crippen LogP contribution in [0, 0.1) is 5.41 Å². The molecule has 0 bridgehead atoms. The van der Waals surface area contributed by atoms with Gasteiger partial charge in [0.2, 0.25) is 0 Å². The highest BCUT2D eigenvalue weighted by Crippen LogP contribution is 2.51. The van der Waals surface area contributed by atoms with Crippen molar-refractivity contribution in [2.24, 2.45) is 5.41 Å². The molecule has 36 heavy (non-hydrogen) atoms. The molecule has 0 spiro atoms. The number of ketones is 1. The van der Waals surface area contributed by atoms with E-state index in [4.69, 9.17) is 18.9 Å². The lowest BCUT2D eigenvalue weighted by Crippen LogP contribution is -2.40. The number of methoxy groups -OCH3 is 2. The SMILES string of the molecule is COc1ccc([C@H]2C=C3c4cc5c(cc4CCN3C3=C2C(=O)CC(C)(C)C3)OCCCO5)cc1OC. The van der Waals surface area contributed by atoms with Crippen LogP contribution >= 0.6 is 0 Å². The predicted molar refractivity (Wildman–Crippen MR) is 138 cm³/mol. The molecule has 0 saturated heterocycles. The standard InChI is InChI=1S/C30H33NO5/c1-30(2)16-23-29(24(32)17-30)21(18-6-7-25(33-3)26(12-18)34-4)14-22-20-15-28-27(35-10-5-11-36-28)13-19(20)8-9-31(22)23/h6-7,12-15,21H,5,8-11,16-17H2,1-4H3/t21-/m1/s1. The summed E-state index contributed by atoms with van der Waals surface area (Å²) in [6, 6.07) is 10.3. The van der Waals surface area contributed by atoms with Crippen LogP contribution in [0.2, 0.25) is 0 Å². The first-order valence-corrected chi connectivity index (χ1v) is 12.8. The van der Waals surface area contributed by atoms with Crippen LogP contribution in [-0.2, 0) is 11.2 Å². The van der Waals surface area contributed by atoms with E-state index >= 15 is 0 Å². The number of allylic oxidation sites excluding steroid dienone is 3. The van der Waals surface area contributed by atoms with Crippen LogP contribution in [0.4, 0.5) is 0 Å². The maximum absolute atomic E-state index is 13.6. The fraction of sp³-hybridized carbons (Fsp3) is 0.433. The zero-order valence-corrected chi connectivity index (χ0v) is 21.5. The number of fused-ring (bicyclic) bond motifs is 5. The van der Waals surface area contributed by atoms with E-state index in [2.05, 4.69) is 37.0 Å². The highest BCUT2D eigenvalue weighted by Gasteiger charge is 2.43. The number of rotatable bonds is 3. The second-order valence-corrected chi connectivity index (χ2v) is 10.9. The lowest BCUT2D eigenvalue weighted by molar-refractivity contribution is -0.118. The van der Waals surface area contributed by atoms with Gasteiger partial charge in [-0.1, -0.05) is 19.9 Å². The zero-order chi connectivity index (χ0) is 25.0. The average Bonchev–Trinajstić information content (AvgIpc) is 3.10. The quantitative estimate of drug-likeness (QED) is 0.570. The number of carbonyl (C=O) groups excluding carboxylic acids is 1. The van der Waals surface area contributed by atoms with Gasteiger partial charge in [0.05, 0.1) is 27.4 Å². The number of benzene rings is 2. The predicted octanol–water partition coefficient (Wildman–Crippen LogP) is 5.50. The van der Waals surface area contributed by atoms with Gasteiger partial charge in [-0.3, -0.25) is 4.79 Å². The lowest BCUT2D eigenvalue weighted by atomic mass is 9.69.